The highest BCUT2D eigenvalue weighted by Gasteiger charge is 2.31. The van der Waals surface area contributed by atoms with Crippen LogP contribution in [-0.4, -0.2) is 44.3 Å². The van der Waals surface area contributed by atoms with Gasteiger partial charge in [0.05, 0.1) is 11.7 Å². The van der Waals surface area contributed by atoms with Gasteiger partial charge < -0.3 is 14.0 Å². The molecule has 0 bridgehead atoms. The first-order valence-electron chi connectivity index (χ1n) is 12.1. The summed E-state index contributed by atoms with van der Waals surface area (Å²) < 4.78 is 21.7. The largest absolute Gasteiger partial charge is 0.598 e. The van der Waals surface area contributed by atoms with E-state index in [1.807, 2.05) is 87.5 Å². The maximum Gasteiger partial charge on any atom is 0.246 e. The van der Waals surface area contributed by atoms with Crippen LogP contribution in [0.1, 0.15) is 43.8 Å². The zero-order valence-electron chi connectivity index (χ0n) is 21.8. The quantitative estimate of drug-likeness (QED) is 0.251. The zero-order valence-corrected chi connectivity index (χ0v) is 22.6. The second-order valence-electron chi connectivity index (χ2n) is 9.99. The van der Waals surface area contributed by atoms with Crippen molar-refractivity contribution in [1.29, 1.82) is 0 Å². The van der Waals surface area contributed by atoms with Crippen molar-refractivity contribution in [2.75, 3.05) is 14.1 Å². The van der Waals surface area contributed by atoms with Gasteiger partial charge in [-0.1, -0.05) is 47.6 Å². The lowest BCUT2D eigenvalue weighted by Crippen LogP contribution is -2.42. The summed E-state index contributed by atoms with van der Waals surface area (Å²) in [5.74, 6) is -0.110. The van der Waals surface area contributed by atoms with Crippen molar-refractivity contribution in [3.8, 4) is 11.3 Å². The Labute approximate surface area is 220 Å². The standard InChI is InChI=1S/C29H32N4O3S/c1-29(2,3)37(35)32-25(19-21-12-10-11-20(30-21)17-18-27(34)33(4)5)22-13-6-7-14-23(22)28-24-15-8-9-16-26(24)36-31-28/h6-18,25,32H,19H2,1-5H3/b18-17+/t25?,37-/m0/s1. The van der Waals surface area contributed by atoms with Crippen molar-refractivity contribution in [2.24, 2.45) is 0 Å². The van der Waals surface area contributed by atoms with Gasteiger partial charge in [-0.25, -0.2) is 0 Å². The van der Waals surface area contributed by atoms with Gasteiger partial charge in [-0.05, 0) is 56.7 Å². The zero-order chi connectivity index (χ0) is 26.6. The van der Waals surface area contributed by atoms with Gasteiger partial charge >= 0.3 is 0 Å². The number of benzene rings is 2. The number of pyridine rings is 1. The molecule has 2 aromatic heterocycles. The maximum absolute atomic E-state index is 13.2. The lowest BCUT2D eigenvalue weighted by atomic mass is 9.94. The Morgan fingerprint density at radius 3 is 2.57 bits per heavy atom. The number of nitrogens with zero attached hydrogens (tertiary/aromatic N) is 3. The van der Waals surface area contributed by atoms with Crippen molar-refractivity contribution in [2.45, 2.75) is 38.0 Å². The van der Waals surface area contributed by atoms with Crippen molar-refractivity contribution in [1.82, 2.24) is 19.8 Å². The third-order valence-electron chi connectivity index (χ3n) is 5.85. The number of nitrogens with one attached hydrogen (secondary N) is 1. The Balaban J connectivity index is 1.73. The Bertz CT molecular complexity index is 1410. The van der Waals surface area contributed by atoms with E-state index in [0.717, 1.165) is 27.9 Å². The molecular formula is C29H32N4O3S. The summed E-state index contributed by atoms with van der Waals surface area (Å²) in [5.41, 5.74) is 4.80. The van der Waals surface area contributed by atoms with Crippen LogP contribution in [0.15, 0.2) is 77.3 Å². The molecule has 0 saturated carbocycles. The fraction of sp³-hybridized carbons (Fsp3) is 0.276. The average molecular weight is 517 g/mol. The molecule has 2 heterocycles. The van der Waals surface area contributed by atoms with E-state index in [1.165, 1.54) is 11.0 Å². The van der Waals surface area contributed by atoms with Crippen LogP contribution in [0.5, 0.6) is 0 Å². The normalized spacial score (nSPS) is 13.7. The third kappa shape index (κ3) is 6.46. The Morgan fingerprint density at radius 1 is 1.08 bits per heavy atom. The topological polar surface area (TPSA) is 94.3 Å². The van der Waals surface area contributed by atoms with Crippen molar-refractivity contribution in [3.63, 3.8) is 0 Å². The molecule has 2 atom stereocenters. The molecule has 0 saturated heterocycles. The number of carbonyl (C=O) groups is 1. The lowest BCUT2D eigenvalue weighted by molar-refractivity contribution is -0.123. The number of fused-ring (bicyclic) bond motifs is 1. The van der Waals surface area contributed by atoms with Gasteiger partial charge in [-0.15, -0.1) is 4.72 Å². The smallest absolute Gasteiger partial charge is 0.246 e. The van der Waals surface area contributed by atoms with E-state index in [1.54, 1.807) is 20.2 Å². The van der Waals surface area contributed by atoms with Crippen LogP contribution in [0.25, 0.3) is 28.3 Å². The van der Waals surface area contributed by atoms with E-state index in [0.29, 0.717) is 17.7 Å². The van der Waals surface area contributed by atoms with E-state index in [2.05, 4.69) is 9.88 Å². The van der Waals surface area contributed by atoms with Crippen LogP contribution in [0.2, 0.25) is 0 Å². The molecule has 4 rings (SSSR count). The van der Waals surface area contributed by atoms with Crippen molar-refractivity contribution in [3.05, 3.63) is 89.8 Å². The molecule has 1 amide bonds. The molecule has 2 aromatic carbocycles. The van der Waals surface area contributed by atoms with Crippen LogP contribution in [0, 0.1) is 0 Å². The molecule has 0 aliphatic heterocycles. The lowest BCUT2D eigenvalue weighted by Gasteiger charge is -2.29. The van der Waals surface area contributed by atoms with E-state index in [9.17, 15) is 9.35 Å². The Morgan fingerprint density at radius 2 is 1.81 bits per heavy atom. The van der Waals surface area contributed by atoms with Gasteiger partial charge in [0.1, 0.15) is 10.4 Å². The summed E-state index contributed by atoms with van der Waals surface area (Å²) in [4.78, 5) is 18.2. The number of hydrogen-bond donors (Lipinski definition) is 1. The van der Waals surface area contributed by atoms with E-state index in [-0.39, 0.29) is 11.9 Å². The number of aromatic nitrogens is 2. The molecule has 7 nitrogen and oxygen atoms in total. The summed E-state index contributed by atoms with van der Waals surface area (Å²) in [6, 6.07) is 21.1. The fourth-order valence-corrected chi connectivity index (χ4v) is 4.66. The van der Waals surface area contributed by atoms with Crippen molar-refractivity contribution < 1.29 is 13.9 Å². The minimum absolute atomic E-state index is 0.110. The van der Waals surface area contributed by atoms with Crippen LogP contribution in [0.4, 0.5) is 0 Å². The van der Waals surface area contributed by atoms with E-state index >= 15 is 0 Å². The Hall–Kier alpha value is -3.46. The van der Waals surface area contributed by atoms with Gasteiger partial charge in [0.2, 0.25) is 5.91 Å². The van der Waals surface area contributed by atoms with Crippen LogP contribution in [0.3, 0.4) is 0 Å². The first-order chi connectivity index (χ1) is 17.6. The summed E-state index contributed by atoms with van der Waals surface area (Å²) in [7, 11) is 3.41. The predicted molar refractivity (Wildman–Crippen MR) is 149 cm³/mol. The first-order valence-corrected chi connectivity index (χ1v) is 13.3. The highest BCUT2D eigenvalue weighted by molar-refractivity contribution is 7.90. The number of rotatable bonds is 8. The van der Waals surface area contributed by atoms with Gasteiger partial charge in [0, 0.05) is 54.6 Å². The minimum Gasteiger partial charge on any atom is -0.598 e. The monoisotopic (exact) mass is 516 g/mol. The Kier molecular flexibility index (Phi) is 8.12. The highest BCUT2D eigenvalue weighted by atomic mass is 32.2. The molecule has 37 heavy (non-hydrogen) atoms. The molecule has 4 aromatic rings. The van der Waals surface area contributed by atoms with Gasteiger partial charge in [-0.2, -0.15) is 0 Å². The molecule has 192 valence electrons. The molecule has 0 radical (unpaired) electrons. The maximum atomic E-state index is 13.2. The van der Waals surface area contributed by atoms with E-state index in [4.69, 9.17) is 9.51 Å². The summed E-state index contributed by atoms with van der Waals surface area (Å²) >= 11 is -1.33. The first kappa shape index (κ1) is 26.6. The minimum atomic E-state index is -1.33. The second kappa shape index (κ2) is 11.3. The summed E-state index contributed by atoms with van der Waals surface area (Å²) in [6.45, 7) is 5.82. The second-order valence-corrected chi connectivity index (χ2v) is 12.0. The summed E-state index contributed by atoms with van der Waals surface area (Å²) in [6.07, 6.45) is 3.69. The fourth-order valence-electron chi connectivity index (χ4n) is 3.84. The molecule has 0 aliphatic rings. The number of para-hydroxylation sites is 1. The predicted octanol–water partition coefficient (Wildman–Crippen LogP) is 5.33. The average Bonchev–Trinajstić information content (AvgIpc) is 3.30. The van der Waals surface area contributed by atoms with Crippen molar-refractivity contribution >= 4 is 34.3 Å². The van der Waals surface area contributed by atoms with Crippen LogP contribution in [-0.2, 0) is 22.6 Å². The number of carbonyl (C=O) groups excluding carboxylic acids is 1. The summed E-state index contributed by atoms with van der Waals surface area (Å²) in [5, 5.41) is 5.29. The molecule has 0 fully saturated rings. The van der Waals surface area contributed by atoms with Gasteiger partial charge in [-0.3, -0.25) is 9.78 Å². The third-order valence-corrected chi connectivity index (χ3v) is 7.46. The number of likely N-dealkylation sites (N-methyl/N-ethyl adjacent to an activating group) is 1. The number of hydrogen-bond acceptors (Lipinski definition) is 6. The number of amides is 1. The molecule has 8 heteroatoms. The van der Waals surface area contributed by atoms with Gasteiger partial charge in [0.15, 0.2) is 5.58 Å². The van der Waals surface area contributed by atoms with Crippen LogP contribution >= 0.6 is 0 Å². The molecule has 0 aliphatic carbocycles. The van der Waals surface area contributed by atoms with Crippen LogP contribution < -0.4 is 4.72 Å². The highest BCUT2D eigenvalue weighted by Crippen LogP contribution is 2.35. The SMILES string of the molecule is CN(C)C(=O)/C=C/c1cccc(CC(N[S@@+]([O-])C(C)(C)C)c2ccccc2-c2noc3ccccc23)n1. The van der Waals surface area contributed by atoms with E-state index < -0.39 is 16.1 Å². The molecule has 1 N–H and O–H groups in total. The molecular weight excluding hydrogens is 484 g/mol. The molecule has 1 unspecified atom stereocenters. The molecule has 0 spiro atoms. The van der Waals surface area contributed by atoms with Gasteiger partial charge in [0.25, 0.3) is 0 Å².